The summed E-state index contributed by atoms with van der Waals surface area (Å²) in [6.07, 6.45) is 8.11. The third-order valence-corrected chi connectivity index (χ3v) is 7.91. The molecule has 0 spiro atoms. The molecule has 2 saturated carbocycles. The van der Waals surface area contributed by atoms with Crippen LogP contribution in [0.4, 0.5) is 5.82 Å². The maximum Gasteiger partial charge on any atom is 0.250 e. The molecule has 1 unspecified atom stereocenters. The number of benzene rings is 1. The number of pyridine rings is 1. The zero-order valence-corrected chi connectivity index (χ0v) is 19.9. The minimum absolute atomic E-state index is 0.0874. The van der Waals surface area contributed by atoms with E-state index in [-0.39, 0.29) is 11.3 Å². The highest BCUT2D eigenvalue weighted by molar-refractivity contribution is 5.74. The van der Waals surface area contributed by atoms with Crippen molar-refractivity contribution in [3.8, 4) is 28.1 Å². The van der Waals surface area contributed by atoms with E-state index < -0.39 is 0 Å². The van der Waals surface area contributed by atoms with Gasteiger partial charge < -0.3 is 14.6 Å². The van der Waals surface area contributed by atoms with Gasteiger partial charge in [-0.05, 0) is 84.4 Å². The molecule has 2 fully saturated rings. The number of rotatable bonds is 4. The number of fused-ring (bicyclic) bond motifs is 2. The first kappa shape index (κ1) is 21.7. The number of anilines is 1. The molecule has 1 aromatic carbocycles. The fourth-order valence-electron chi connectivity index (χ4n) is 6.14. The summed E-state index contributed by atoms with van der Waals surface area (Å²) >= 11 is 0. The Morgan fingerprint density at radius 2 is 1.70 bits per heavy atom. The predicted octanol–water partition coefficient (Wildman–Crippen LogP) is 5.01. The number of phenolic OH excluding ortho intramolecular Hbond substituents is 1. The Morgan fingerprint density at radius 1 is 1.00 bits per heavy atom. The molecular weight excluding hydrogens is 412 g/mol. The van der Waals surface area contributed by atoms with Gasteiger partial charge in [-0.2, -0.15) is 0 Å². The van der Waals surface area contributed by atoms with Crippen molar-refractivity contribution in [2.75, 3.05) is 11.9 Å². The molecule has 2 aliphatic rings. The van der Waals surface area contributed by atoms with Gasteiger partial charge in [-0.1, -0.05) is 19.9 Å². The SMILES string of the molecule is CN(c1ccc(-c2ccc(-c3ccn(C)c(=O)c3)cc2O)nn1)C1C[C@]2(C)CC[C@](C)(C1)C2. The number of aryl methyl sites for hydroxylation is 1. The summed E-state index contributed by atoms with van der Waals surface area (Å²) in [4.78, 5) is 14.2. The van der Waals surface area contributed by atoms with E-state index in [9.17, 15) is 9.90 Å². The molecule has 0 radical (unpaired) electrons. The highest BCUT2D eigenvalue weighted by Crippen LogP contribution is 2.58. The lowest BCUT2D eigenvalue weighted by molar-refractivity contribution is 0.148. The zero-order chi connectivity index (χ0) is 23.4. The van der Waals surface area contributed by atoms with Crippen LogP contribution in [-0.4, -0.2) is 33.0 Å². The van der Waals surface area contributed by atoms with Crippen molar-refractivity contribution >= 4 is 5.82 Å². The smallest absolute Gasteiger partial charge is 0.250 e. The number of aromatic hydroxyl groups is 1. The van der Waals surface area contributed by atoms with Crippen LogP contribution in [0.2, 0.25) is 0 Å². The van der Waals surface area contributed by atoms with Crippen molar-refractivity contribution in [3.05, 3.63) is 59.0 Å². The topological polar surface area (TPSA) is 71.2 Å². The van der Waals surface area contributed by atoms with Gasteiger partial charge in [0.05, 0.1) is 5.69 Å². The lowest BCUT2D eigenvalue weighted by atomic mass is 9.68. The van der Waals surface area contributed by atoms with Gasteiger partial charge in [0.1, 0.15) is 5.75 Å². The molecule has 2 heterocycles. The molecule has 3 aromatic rings. The average Bonchev–Trinajstić information content (AvgIpc) is 3.01. The first-order valence-electron chi connectivity index (χ1n) is 11.7. The van der Waals surface area contributed by atoms with E-state index in [4.69, 9.17) is 0 Å². The molecule has 3 atom stereocenters. The maximum absolute atomic E-state index is 11.9. The Bertz CT molecular complexity index is 1230. The maximum atomic E-state index is 11.9. The Kier molecular flexibility index (Phi) is 5.07. The van der Waals surface area contributed by atoms with Crippen molar-refractivity contribution in [2.45, 2.75) is 52.0 Å². The Hall–Kier alpha value is -3.15. The first-order chi connectivity index (χ1) is 15.6. The van der Waals surface area contributed by atoms with Gasteiger partial charge in [-0.3, -0.25) is 4.79 Å². The number of aromatic nitrogens is 3. The lowest BCUT2D eigenvalue weighted by Crippen LogP contribution is -2.42. The first-order valence-corrected chi connectivity index (χ1v) is 11.7. The third-order valence-electron chi connectivity index (χ3n) is 7.91. The molecular formula is C27H32N4O2. The van der Waals surface area contributed by atoms with E-state index in [0.717, 1.165) is 16.9 Å². The van der Waals surface area contributed by atoms with Gasteiger partial charge in [0, 0.05) is 38.0 Å². The molecule has 6 nitrogen and oxygen atoms in total. The van der Waals surface area contributed by atoms with Crippen molar-refractivity contribution in [1.82, 2.24) is 14.8 Å². The summed E-state index contributed by atoms with van der Waals surface area (Å²) in [6, 6.07) is 13.2. The summed E-state index contributed by atoms with van der Waals surface area (Å²) in [5, 5.41) is 19.6. The second-order valence-corrected chi connectivity index (χ2v) is 10.8. The summed E-state index contributed by atoms with van der Waals surface area (Å²) in [7, 11) is 3.84. The monoisotopic (exact) mass is 444 g/mol. The van der Waals surface area contributed by atoms with Gasteiger partial charge in [-0.15, -0.1) is 10.2 Å². The Morgan fingerprint density at radius 3 is 2.30 bits per heavy atom. The van der Waals surface area contributed by atoms with E-state index in [1.165, 1.54) is 36.7 Å². The minimum atomic E-state index is -0.0874. The molecule has 33 heavy (non-hydrogen) atoms. The Balaban J connectivity index is 1.36. The highest BCUT2D eigenvalue weighted by atomic mass is 16.3. The fourth-order valence-corrected chi connectivity index (χ4v) is 6.14. The van der Waals surface area contributed by atoms with Crippen LogP contribution in [-0.2, 0) is 7.05 Å². The molecule has 6 heteroatoms. The normalized spacial score (nSPS) is 26.4. The molecule has 2 bridgehead atoms. The van der Waals surface area contributed by atoms with Crippen LogP contribution in [0.15, 0.2) is 53.5 Å². The van der Waals surface area contributed by atoms with Gasteiger partial charge >= 0.3 is 0 Å². The van der Waals surface area contributed by atoms with Crippen LogP contribution in [0.1, 0.15) is 46.0 Å². The van der Waals surface area contributed by atoms with Crippen LogP contribution >= 0.6 is 0 Å². The standard InChI is InChI=1S/C27H32N4O2/c1-26-10-11-27(2,17-26)16-20(15-26)31(4)24-8-7-22(28-29-24)21-6-5-18(13-23(21)32)19-9-12-30(3)25(33)14-19/h5-9,12-14,20,32H,10-11,15-17H2,1-4H3/t20?,26-,27+. The lowest BCUT2D eigenvalue weighted by Gasteiger charge is -2.44. The summed E-state index contributed by atoms with van der Waals surface area (Å²) in [6.45, 7) is 4.87. The molecule has 0 amide bonds. The highest BCUT2D eigenvalue weighted by Gasteiger charge is 2.49. The van der Waals surface area contributed by atoms with Crippen molar-refractivity contribution in [1.29, 1.82) is 0 Å². The second-order valence-electron chi connectivity index (χ2n) is 10.8. The summed E-state index contributed by atoms with van der Waals surface area (Å²) in [5.74, 6) is 0.988. The third kappa shape index (κ3) is 4.03. The quantitative estimate of drug-likeness (QED) is 0.612. The molecule has 0 saturated heterocycles. The van der Waals surface area contributed by atoms with Gasteiger partial charge in [0.15, 0.2) is 5.82 Å². The molecule has 0 aliphatic heterocycles. The second kappa shape index (κ2) is 7.72. The van der Waals surface area contributed by atoms with Crippen molar-refractivity contribution < 1.29 is 5.11 Å². The Labute approximate surface area is 194 Å². The van der Waals surface area contributed by atoms with Gasteiger partial charge in [-0.25, -0.2) is 0 Å². The van der Waals surface area contributed by atoms with Gasteiger partial charge in [0.25, 0.3) is 5.56 Å². The van der Waals surface area contributed by atoms with Crippen LogP contribution < -0.4 is 10.5 Å². The van der Waals surface area contributed by atoms with E-state index in [1.807, 2.05) is 30.3 Å². The van der Waals surface area contributed by atoms with Crippen LogP contribution in [0, 0.1) is 10.8 Å². The fraction of sp³-hybridized carbons (Fsp3) is 0.444. The van der Waals surface area contributed by atoms with E-state index in [2.05, 4.69) is 36.0 Å². The average molecular weight is 445 g/mol. The number of phenols is 1. The van der Waals surface area contributed by atoms with E-state index >= 15 is 0 Å². The molecule has 5 rings (SSSR count). The molecule has 2 aliphatic carbocycles. The van der Waals surface area contributed by atoms with E-state index in [0.29, 0.717) is 28.1 Å². The number of nitrogens with zero attached hydrogens (tertiary/aromatic N) is 4. The predicted molar refractivity (Wildman–Crippen MR) is 131 cm³/mol. The summed E-state index contributed by atoms with van der Waals surface area (Å²) < 4.78 is 1.52. The number of hydrogen-bond donors (Lipinski definition) is 1. The molecule has 1 N–H and O–H groups in total. The number of hydrogen-bond acceptors (Lipinski definition) is 5. The van der Waals surface area contributed by atoms with Crippen LogP contribution in [0.25, 0.3) is 22.4 Å². The van der Waals surface area contributed by atoms with Gasteiger partial charge in [0.2, 0.25) is 0 Å². The van der Waals surface area contributed by atoms with Crippen molar-refractivity contribution in [3.63, 3.8) is 0 Å². The molecule has 172 valence electrons. The van der Waals surface area contributed by atoms with Crippen LogP contribution in [0.3, 0.4) is 0 Å². The zero-order valence-electron chi connectivity index (χ0n) is 19.9. The minimum Gasteiger partial charge on any atom is -0.507 e. The largest absolute Gasteiger partial charge is 0.507 e. The molecule has 2 aromatic heterocycles. The summed E-state index contributed by atoms with van der Waals surface area (Å²) in [5.41, 5.74) is 3.60. The van der Waals surface area contributed by atoms with E-state index in [1.54, 1.807) is 25.4 Å². The van der Waals surface area contributed by atoms with Crippen LogP contribution in [0.5, 0.6) is 5.75 Å². The van der Waals surface area contributed by atoms with Crippen molar-refractivity contribution in [2.24, 2.45) is 17.9 Å².